The fourth-order valence-corrected chi connectivity index (χ4v) is 2.90. The van der Waals surface area contributed by atoms with Gasteiger partial charge < -0.3 is 9.47 Å². The second kappa shape index (κ2) is 5.70. The van der Waals surface area contributed by atoms with E-state index in [1.807, 2.05) is 18.2 Å². The van der Waals surface area contributed by atoms with Crippen molar-refractivity contribution < 1.29 is 13.6 Å². The molecule has 1 fully saturated rings. The lowest BCUT2D eigenvalue weighted by Gasteiger charge is -2.34. The Balaban J connectivity index is 1.65. The van der Waals surface area contributed by atoms with E-state index >= 15 is 0 Å². The summed E-state index contributed by atoms with van der Waals surface area (Å²) in [6, 6.07) is 10.0. The van der Waals surface area contributed by atoms with Crippen molar-refractivity contribution in [2.45, 2.75) is 12.7 Å². The van der Waals surface area contributed by atoms with Gasteiger partial charge >= 0.3 is 0 Å². The Morgan fingerprint density at radius 3 is 2.79 bits per heavy atom. The van der Waals surface area contributed by atoms with Crippen molar-refractivity contribution in [1.82, 2.24) is 14.5 Å². The van der Waals surface area contributed by atoms with Gasteiger partial charge in [0, 0.05) is 18.0 Å². The number of rotatable bonds is 3. The zero-order valence-corrected chi connectivity index (χ0v) is 12.8. The molecule has 2 aromatic heterocycles. The summed E-state index contributed by atoms with van der Waals surface area (Å²) in [6.07, 6.45) is 2.57. The molecule has 0 unspecified atom stereocenters. The number of alkyl halides is 1. The molecular formula is C18H15F2N3O. The van der Waals surface area contributed by atoms with Gasteiger partial charge in [-0.15, -0.1) is 0 Å². The van der Waals surface area contributed by atoms with Crippen LogP contribution in [-0.4, -0.2) is 39.6 Å². The van der Waals surface area contributed by atoms with Crippen LogP contribution in [0, 0.1) is 5.82 Å². The number of amides is 1. The number of carbonyl (C=O) groups excluding carboxylic acids is 1. The third-order valence-electron chi connectivity index (χ3n) is 4.27. The number of halogens is 2. The van der Waals surface area contributed by atoms with Crippen LogP contribution in [0.2, 0.25) is 0 Å². The number of carbonyl (C=O) groups is 1. The highest BCUT2D eigenvalue weighted by atomic mass is 19.1. The Labute approximate surface area is 137 Å². The number of pyridine rings is 1. The van der Waals surface area contributed by atoms with Crippen LogP contribution in [0.5, 0.6) is 0 Å². The van der Waals surface area contributed by atoms with Crippen LogP contribution in [0.3, 0.4) is 0 Å². The molecule has 0 spiro atoms. The van der Waals surface area contributed by atoms with Crippen LogP contribution >= 0.6 is 0 Å². The van der Waals surface area contributed by atoms with Gasteiger partial charge in [-0.3, -0.25) is 9.78 Å². The molecule has 1 aliphatic heterocycles. The normalized spacial score (nSPS) is 14.8. The second-order valence-corrected chi connectivity index (χ2v) is 5.98. The Morgan fingerprint density at radius 2 is 2.04 bits per heavy atom. The summed E-state index contributed by atoms with van der Waals surface area (Å²) in [5.74, 6) is -0.422. The number of nitrogens with zero attached hydrogens (tertiary/aromatic N) is 3. The summed E-state index contributed by atoms with van der Waals surface area (Å²) in [4.78, 5) is 18.0. The zero-order chi connectivity index (χ0) is 16.7. The standard InChI is InChI=1S/C18H15F2N3O/c19-14-3-1-2-12(6-14)13-7-17-16(21-8-13)4-5-22(17)11-18(24)23-9-15(20)10-23/h1-8,15H,9-11H2. The third-order valence-corrected chi connectivity index (χ3v) is 4.27. The van der Waals surface area contributed by atoms with Crippen molar-refractivity contribution in [2.75, 3.05) is 13.1 Å². The smallest absolute Gasteiger partial charge is 0.242 e. The van der Waals surface area contributed by atoms with Gasteiger partial charge in [0.15, 0.2) is 0 Å². The average Bonchev–Trinajstić information content (AvgIpc) is 2.94. The maximum absolute atomic E-state index is 13.4. The molecule has 0 radical (unpaired) electrons. The lowest BCUT2D eigenvalue weighted by molar-refractivity contribution is -0.138. The number of hydrogen-bond donors (Lipinski definition) is 0. The van der Waals surface area contributed by atoms with Gasteiger partial charge in [-0.2, -0.15) is 0 Å². The third kappa shape index (κ3) is 2.64. The first-order valence-corrected chi connectivity index (χ1v) is 7.73. The van der Waals surface area contributed by atoms with Crippen LogP contribution in [-0.2, 0) is 11.3 Å². The van der Waals surface area contributed by atoms with Gasteiger partial charge in [0.2, 0.25) is 5.91 Å². The quantitative estimate of drug-likeness (QED) is 0.742. The van der Waals surface area contributed by atoms with E-state index in [2.05, 4.69) is 4.98 Å². The van der Waals surface area contributed by atoms with Gasteiger partial charge in [0.25, 0.3) is 0 Å². The van der Waals surface area contributed by atoms with Crippen LogP contribution in [0.25, 0.3) is 22.2 Å². The minimum absolute atomic E-state index is 0.113. The Kier molecular flexibility index (Phi) is 3.52. The summed E-state index contributed by atoms with van der Waals surface area (Å²) in [6.45, 7) is 0.486. The number of benzene rings is 1. The summed E-state index contributed by atoms with van der Waals surface area (Å²) in [7, 11) is 0. The highest BCUT2D eigenvalue weighted by Gasteiger charge is 2.30. The Bertz CT molecular complexity index is 916. The predicted molar refractivity (Wildman–Crippen MR) is 86.6 cm³/mol. The van der Waals surface area contributed by atoms with Crippen LogP contribution in [0.1, 0.15) is 0 Å². The number of fused-ring (bicyclic) bond motifs is 1. The van der Waals surface area contributed by atoms with E-state index in [1.54, 1.807) is 23.0 Å². The molecule has 1 amide bonds. The minimum atomic E-state index is -0.906. The SMILES string of the molecule is O=C(Cn1ccc2ncc(-c3cccc(F)c3)cc21)N1CC(F)C1. The van der Waals surface area contributed by atoms with E-state index < -0.39 is 6.17 Å². The molecule has 0 bridgehead atoms. The maximum atomic E-state index is 13.4. The monoisotopic (exact) mass is 327 g/mol. The molecule has 3 heterocycles. The van der Waals surface area contributed by atoms with E-state index in [-0.39, 0.29) is 31.4 Å². The first-order valence-electron chi connectivity index (χ1n) is 7.73. The summed E-state index contributed by atoms with van der Waals surface area (Å²) in [5.41, 5.74) is 3.06. The predicted octanol–water partition coefficient (Wildman–Crippen LogP) is 3.02. The summed E-state index contributed by atoms with van der Waals surface area (Å²) in [5, 5.41) is 0. The molecule has 0 N–H and O–H groups in total. The number of aromatic nitrogens is 2. The molecule has 1 aromatic carbocycles. The average molecular weight is 327 g/mol. The van der Waals surface area contributed by atoms with Crippen molar-refractivity contribution in [2.24, 2.45) is 0 Å². The maximum Gasteiger partial charge on any atom is 0.242 e. The van der Waals surface area contributed by atoms with Gasteiger partial charge in [-0.05, 0) is 29.8 Å². The van der Waals surface area contributed by atoms with Crippen molar-refractivity contribution in [3.63, 3.8) is 0 Å². The zero-order valence-electron chi connectivity index (χ0n) is 12.8. The summed E-state index contributed by atoms with van der Waals surface area (Å²) < 4.78 is 28.1. The molecule has 0 aliphatic carbocycles. The largest absolute Gasteiger partial charge is 0.337 e. The first kappa shape index (κ1) is 14.8. The van der Waals surface area contributed by atoms with Gasteiger partial charge in [0.05, 0.1) is 24.1 Å². The minimum Gasteiger partial charge on any atom is -0.337 e. The number of likely N-dealkylation sites (tertiary alicyclic amines) is 1. The highest BCUT2D eigenvalue weighted by molar-refractivity contribution is 5.84. The molecule has 0 atom stereocenters. The molecule has 122 valence electrons. The molecule has 4 nitrogen and oxygen atoms in total. The molecule has 0 saturated carbocycles. The van der Waals surface area contributed by atoms with Gasteiger partial charge in [-0.1, -0.05) is 12.1 Å². The van der Waals surface area contributed by atoms with E-state index in [4.69, 9.17) is 0 Å². The van der Waals surface area contributed by atoms with Crippen LogP contribution in [0.15, 0.2) is 48.8 Å². The van der Waals surface area contributed by atoms with E-state index in [0.29, 0.717) is 0 Å². The van der Waals surface area contributed by atoms with Crippen molar-refractivity contribution in [1.29, 1.82) is 0 Å². The van der Waals surface area contributed by atoms with Gasteiger partial charge in [0.1, 0.15) is 18.5 Å². The van der Waals surface area contributed by atoms with E-state index in [1.165, 1.54) is 17.0 Å². The molecule has 3 aromatic rings. The lowest BCUT2D eigenvalue weighted by atomic mass is 10.1. The van der Waals surface area contributed by atoms with Crippen LogP contribution in [0.4, 0.5) is 8.78 Å². The van der Waals surface area contributed by atoms with Crippen LogP contribution < -0.4 is 0 Å². The highest BCUT2D eigenvalue weighted by Crippen LogP contribution is 2.24. The van der Waals surface area contributed by atoms with Crippen molar-refractivity contribution in [3.05, 3.63) is 54.6 Å². The topological polar surface area (TPSA) is 38.1 Å². The second-order valence-electron chi connectivity index (χ2n) is 5.98. The van der Waals surface area contributed by atoms with Crippen molar-refractivity contribution in [3.8, 4) is 11.1 Å². The lowest BCUT2D eigenvalue weighted by Crippen LogP contribution is -2.52. The van der Waals surface area contributed by atoms with Crippen molar-refractivity contribution >= 4 is 16.9 Å². The fraction of sp³-hybridized carbons (Fsp3) is 0.222. The Morgan fingerprint density at radius 1 is 1.21 bits per heavy atom. The summed E-state index contributed by atoms with van der Waals surface area (Å²) >= 11 is 0. The van der Waals surface area contributed by atoms with Gasteiger partial charge in [-0.25, -0.2) is 8.78 Å². The fourth-order valence-electron chi connectivity index (χ4n) is 2.90. The van der Waals surface area contributed by atoms with E-state index in [9.17, 15) is 13.6 Å². The molecule has 1 aliphatic rings. The first-order chi connectivity index (χ1) is 11.6. The Hall–Kier alpha value is -2.76. The molecule has 1 saturated heterocycles. The van der Waals surface area contributed by atoms with E-state index in [0.717, 1.165) is 22.2 Å². The molecule has 24 heavy (non-hydrogen) atoms. The number of hydrogen-bond acceptors (Lipinski definition) is 2. The molecule has 4 rings (SSSR count). The molecule has 6 heteroatoms. The molecular weight excluding hydrogens is 312 g/mol.